The van der Waals surface area contributed by atoms with Gasteiger partial charge in [-0.15, -0.1) is 0 Å². The fourth-order valence-electron chi connectivity index (χ4n) is 5.03. The largest absolute Gasteiger partial charge is 0.506 e. The number of anilines is 2. The molecule has 3 aromatic carbocycles. The number of sulfonamides is 1. The number of hydrogen-bond acceptors (Lipinski definition) is 7. The molecule has 0 aromatic heterocycles. The Morgan fingerprint density at radius 3 is 2.43 bits per heavy atom. The number of amides is 2. The van der Waals surface area contributed by atoms with Crippen LogP contribution in [-0.2, 0) is 29.4 Å². The molecule has 0 saturated carbocycles. The number of carbonyl (C=O) groups excluding carboxylic acids is 1. The average Bonchev–Trinajstić information content (AvgIpc) is 2.98. The average molecular weight is 632 g/mol. The molecule has 4 rings (SSSR count). The molecule has 13 heteroatoms. The predicted octanol–water partition coefficient (Wildman–Crippen LogP) is 3.56. The van der Waals surface area contributed by atoms with E-state index in [9.17, 15) is 32.2 Å². The van der Waals surface area contributed by atoms with Crippen molar-refractivity contribution >= 4 is 27.4 Å². The molecule has 10 nitrogen and oxygen atoms in total. The smallest absolute Gasteiger partial charge is 0.317 e. The third-order valence-electron chi connectivity index (χ3n) is 7.34. The van der Waals surface area contributed by atoms with E-state index in [4.69, 9.17) is 0 Å². The van der Waals surface area contributed by atoms with Crippen molar-refractivity contribution in [1.29, 1.82) is 0 Å². The lowest BCUT2D eigenvalue weighted by Crippen LogP contribution is -2.46. The van der Waals surface area contributed by atoms with Crippen LogP contribution in [0, 0.1) is 11.6 Å². The molecule has 1 saturated heterocycles. The van der Waals surface area contributed by atoms with Gasteiger partial charge >= 0.3 is 6.03 Å². The molecule has 2 amide bonds. The van der Waals surface area contributed by atoms with Crippen molar-refractivity contribution in [3.63, 3.8) is 0 Å². The lowest BCUT2D eigenvalue weighted by Gasteiger charge is -2.33. The zero-order valence-electron chi connectivity index (χ0n) is 24.5. The standard InChI is InChI=1S/C31H39F2N5O5S/c1-44(42,43)37-29-17-22(4-9-30(29)40)16-27(39)20-34-13-10-21-2-6-25(7-3-21)36-26-11-14-38(15-12-26)31(41)35-19-23-18-24(32)5-8-28(23)33/h2-9,17-18,26-27,34,36-37,39-40H,10-16,19-20H2,1H3,(H,35,41)/t27-/m1/s1. The van der Waals surface area contributed by atoms with Crippen LogP contribution in [0.2, 0.25) is 0 Å². The van der Waals surface area contributed by atoms with Crippen LogP contribution in [-0.4, -0.2) is 74.1 Å². The Kier molecular flexibility index (Phi) is 11.4. The van der Waals surface area contributed by atoms with Crippen molar-refractivity contribution in [2.75, 3.05) is 42.5 Å². The number of halogens is 2. The van der Waals surface area contributed by atoms with Gasteiger partial charge in [0.2, 0.25) is 10.0 Å². The monoisotopic (exact) mass is 631 g/mol. The number of urea groups is 1. The van der Waals surface area contributed by atoms with E-state index in [0.29, 0.717) is 38.2 Å². The highest BCUT2D eigenvalue weighted by atomic mass is 32.2. The number of phenols is 1. The number of phenolic OH excluding ortho intramolecular Hbond substituents is 1. The highest BCUT2D eigenvalue weighted by molar-refractivity contribution is 7.92. The third-order valence-corrected chi connectivity index (χ3v) is 7.93. The van der Waals surface area contributed by atoms with Crippen LogP contribution < -0.4 is 20.7 Å². The van der Waals surface area contributed by atoms with E-state index in [-0.39, 0.29) is 35.6 Å². The maximum atomic E-state index is 13.8. The van der Waals surface area contributed by atoms with Gasteiger partial charge in [0.25, 0.3) is 0 Å². The summed E-state index contributed by atoms with van der Waals surface area (Å²) >= 11 is 0. The van der Waals surface area contributed by atoms with Crippen molar-refractivity contribution in [3.05, 3.63) is 89.0 Å². The van der Waals surface area contributed by atoms with Crippen molar-refractivity contribution in [2.24, 2.45) is 0 Å². The maximum absolute atomic E-state index is 13.8. The van der Waals surface area contributed by atoms with Gasteiger partial charge in [0, 0.05) is 43.5 Å². The van der Waals surface area contributed by atoms with Gasteiger partial charge in [-0.3, -0.25) is 4.72 Å². The Bertz CT molecular complexity index is 1520. The third kappa shape index (κ3) is 10.4. The normalized spacial score (nSPS) is 14.7. The number of likely N-dealkylation sites (tertiary alicyclic amines) is 1. The molecule has 1 fully saturated rings. The summed E-state index contributed by atoms with van der Waals surface area (Å²) in [5.74, 6) is -1.28. The molecule has 0 spiro atoms. The van der Waals surface area contributed by atoms with Crippen LogP contribution in [0.3, 0.4) is 0 Å². The topological polar surface area (TPSA) is 143 Å². The molecule has 0 bridgehead atoms. The van der Waals surface area contributed by atoms with E-state index >= 15 is 0 Å². The molecule has 6 N–H and O–H groups in total. The lowest BCUT2D eigenvalue weighted by atomic mass is 10.0. The minimum Gasteiger partial charge on any atom is -0.506 e. The molecule has 1 aliphatic heterocycles. The number of rotatable bonds is 13. The Morgan fingerprint density at radius 1 is 1.02 bits per heavy atom. The molecule has 0 aliphatic carbocycles. The second-order valence-electron chi connectivity index (χ2n) is 11.0. The number of carbonyl (C=O) groups is 1. The van der Waals surface area contributed by atoms with E-state index in [1.165, 1.54) is 12.1 Å². The molecular weight excluding hydrogens is 592 g/mol. The summed E-state index contributed by atoms with van der Waals surface area (Å²) in [6, 6.07) is 15.8. The highest BCUT2D eigenvalue weighted by Gasteiger charge is 2.23. The fraction of sp³-hybridized carbons (Fsp3) is 0.387. The van der Waals surface area contributed by atoms with Crippen LogP contribution in [0.15, 0.2) is 60.7 Å². The summed E-state index contributed by atoms with van der Waals surface area (Å²) in [7, 11) is -3.54. The summed E-state index contributed by atoms with van der Waals surface area (Å²) < 4.78 is 52.4. The molecule has 1 aliphatic rings. The highest BCUT2D eigenvalue weighted by Crippen LogP contribution is 2.25. The molecule has 0 unspecified atom stereocenters. The number of nitrogens with one attached hydrogen (secondary N) is 4. The number of nitrogens with zero attached hydrogens (tertiary/aromatic N) is 1. The minimum absolute atomic E-state index is 0.0729. The summed E-state index contributed by atoms with van der Waals surface area (Å²) in [5, 5.41) is 29.7. The van der Waals surface area contributed by atoms with Gasteiger partial charge in [0.05, 0.1) is 18.0 Å². The zero-order chi connectivity index (χ0) is 31.7. The van der Waals surface area contributed by atoms with Gasteiger partial charge in [-0.1, -0.05) is 18.2 Å². The van der Waals surface area contributed by atoms with E-state index in [1.807, 2.05) is 24.3 Å². The van der Waals surface area contributed by atoms with Crippen molar-refractivity contribution in [1.82, 2.24) is 15.5 Å². The van der Waals surface area contributed by atoms with Crippen LogP contribution >= 0.6 is 0 Å². The number of aromatic hydroxyl groups is 1. The first-order valence-corrected chi connectivity index (χ1v) is 16.3. The Morgan fingerprint density at radius 2 is 1.73 bits per heavy atom. The van der Waals surface area contributed by atoms with Gasteiger partial charge in [0.15, 0.2) is 0 Å². The molecular formula is C31H39F2N5O5S. The first-order chi connectivity index (χ1) is 20.9. The summed E-state index contributed by atoms with van der Waals surface area (Å²) in [6.45, 7) is 2.04. The van der Waals surface area contributed by atoms with Gasteiger partial charge in [0.1, 0.15) is 17.4 Å². The summed E-state index contributed by atoms with van der Waals surface area (Å²) in [4.78, 5) is 14.2. The van der Waals surface area contributed by atoms with Crippen molar-refractivity contribution in [3.8, 4) is 5.75 Å². The number of hydrogen-bond donors (Lipinski definition) is 6. The maximum Gasteiger partial charge on any atom is 0.317 e. The van der Waals surface area contributed by atoms with Crippen molar-refractivity contribution < 1.29 is 32.2 Å². The number of aliphatic hydroxyl groups excluding tert-OH is 1. The fourth-order valence-corrected chi connectivity index (χ4v) is 5.59. The second-order valence-corrected chi connectivity index (χ2v) is 12.8. The van der Waals surface area contributed by atoms with E-state index < -0.39 is 27.8 Å². The van der Waals surface area contributed by atoms with Crippen LogP contribution in [0.4, 0.5) is 25.0 Å². The molecule has 238 valence electrons. The Balaban J connectivity index is 1.12. The Hall–Kier alpha value is -3.94. The number of piperidine rings is 1. The quantitative estimate of drug-likeness (QED) is 0.125. The van der Waals surface area contributed by atoms with Crippen LogP contribution in [0.25, 0.3) is 0 Å². The van der Waals surface area contributed by atoms with Crippen LogP contribution in [0.5, 0.6) is 5.75 Å². The van der Waals surface area contributed by atoms with E-state index in [1.54, 1.807) is 11.0 Å². The zero-order valence-corrected chi connectivity index (χ0v) is 25.3. The Labute approximate surface area is 256 Å². The van der Waals surface area contributed by atoms with Gasteiger partial charge in [-0.2, -0.15) is 0 Å². The predicted molar refractivity (Wildman–Crippen MR) is 166 cm³/mol. The first kappa shape index (κ1) is 33.0. The van der Waals surface area contributed by atoms with Gasteiger partial charge in [-0.05, 0) is 85.8 Å². The molecule has 1 atom stereocenters. The second kappa shape index (κ2) is 15.2. The SMILES string of the molecule is CS(=O)(=O)Nc1cc(C[C@@H](O)CNCCc2ccc(NC3CCN(C(=O)NCc4cc(F)ccc4F)CC3)cc2)ccc1O. The van der Waals surface area contributed by atoms with Gasteiger partial charge in [-0.25, -0.2) is 22.0 Å². The molecule has 44 heavy (non-hydrogen) atoms. The minimum atomic E-state index is -3.54. The number of benzene rings is 3. The van der Waals surface area contributed by atoms with E-state index in [2.05, 4.69) is 20.7 Å². The van der Waals surface area contributed by atoms with Gasteiger partial charge < -0.3 is 31.1 Å². The van der Waals surface area contributed by atoms with Crippen molar-refractivity contribution in [2.45, 2.75) is 44.4 Å². The molecule has 1 heterocycles. The lowest BCUT2D eigenvalue weighted by molar-refractivity contribution is 0.172. The summed E-state index contributed by atoms with van der Waals surface area (Å²) in [6.07, 6.45) is 2.89. The van der Waals surface area contributed by atoms with E-state index in [0.717, 1.165) is 55.0 Å². The number of aliphatic hydroxyl groups is 1. The molecule has 0 radical (unpaired) electrons. The van der Waals surface area contributed by atoms with Crippen LogP contribution in [0.1, 0.15) is 29.5 Å². The first-order valence-electron chi connectivity index (χ1n) is 14.5. The summed E-state index contributed by atoms with van der Waals surface area (Å²) in [5.41, 5.74) is 3.00. The molecule has 3 aromatic rings.